The molecule has 0 aromatic heterocycles. The van der Waals surface area contributed by atoms with Crippen molar-refractivity contribution >= 4 is 23.2 Å². The highest BCUT2D eigenvalue weighted by atomic mass is 35.5. The maximum atomic E-state index is 13.2. The van der Waals surface area contributed by atoms with Gasteiger partial charge in [-0.25, -0.2) is 4.39 Å². The van der Waals surface area contributed by atoms with E-state index in [1.54, 1.807) is 18.2 Å². The van der Waals surface area contributed by atoms with Crippen LogP contribution in [0.15, 0.2) is 66.7 Å². The van der Waals surface area contributed by atoms with Crippen LogP contribution in [-0.4, -0.2) is 36.5 Å². The molecular formula is C27H29ClFN3O. The number of nitrogens with one attached hydrogen (secondary N) is 1. The lowest BCUT2D eigenvalue weighted by Gasteiger charge is -2.42. The van der Waals surface area contributed by atoms with Crippen LogP contribution in [0, 0.1) is 12.7 Å². The van der Waals surface area contributed by atoms with Crippen LogP contribution in [0.2, 0.25) is 5.02 Å². The molecule has 0 radical (unpaired) electrons. The lowest BCUT2D eigenvalue weighted by atomic mass is 10.1. The van der Waals surface area contributed by atoms with Gasteiger partial charge in [-0.1, -0.05) is 48.0 Å². The predicted octanol–water partition coefficient (Wildman–Crippen LogP) is 5.43. The zero-order chi connectivity index (χ0) is 23.4. The number of benzene rings is 3. The Morgan fingerprint density at radius 1 is 1.06 bits per heavy atom. The van der Waals surface area contributed by atoms with E-state index in [0.717, 1.165) is 48.6 Å². The van der Waals surface area contributed by atoms with Crippen molar-refractivity contribution < 1.29 is 9.18 Å². The third kappa shape index (κ3) is 5.55. The number of piperazine rings is 1. The van der Waals surface area contributed by atoms with E-state index in [1.807, 2.05) is 31.2 Å². The summed E-state index contributed by atoms with van der Waals surface area (Å²) in [5, 5.41) is 3.65. The largest absolute Gasteiger partial charge is 0.366 e. The molecule has 1 aliphatic heterocycles. The zero-order valence-corrected chi connectivity index (χ0v) is 19.8. The lowest BCUT2D eigenvalue weighted by molar-refractivity contribution is 0.0950. The molecule has 6 heteroatoms. The molecular weight excluding hydrogens is 437 g/mol. The second kappa shape index (κ2) is 10.4. The highest BCUT2D eigenvalue weighted by molar-refractivity contribution is 6.31. The summed E-state index contributed by atoms with van der Waals surface area (Å²) in [4.78, 5) is 17.6. The zero-order valence-electron chi connectivity index (χ0n) is 19.0. The number of halogens is 2. The molecule has 1 unspecified atom stereocenters. The Bertz CT molecular complexity index is 1120. The van der Waals surface area contributed by atoms with E-state index in [9.17, 15) is 9.18 Å². The van der Waals surface area contributed by atoms with Crippen LogP contribution in [-0.2, 0) is 13.1 Å². The van der Waals surface area contributed by atoms with Gasteiger partial charge in [0, 0.05) is 55.0 Å². The van der Waals surface area contributed by atoms with E-state index in [4.69, 9.17) is 11.6 Å². The molecule has 1 amide bonds. The van der Waals surface area contributed by atoms with E-state index >= 15 is 0 Å². The lowest BCUT2D eigenvalue weighted by Crippen LogP contribution is -2.52. The van der Waals surface area contributed by atoms with E-state index in [-0.39, 0.29) is 11.7 Å². The summed E-state index contributed by atoms with van der Waals surface area (Å²) in [6.45, 7) is 8.07. The number of para-hydroxylation sites is 1. The van der Waals surface area contributed by atoms with Crippen molar-refractivity contribution in [2.75, 3.05) is 24.5 Å². The summed E-state index contributed by atoms with van der Waals surface area (Å²) in [6, 6.07) is 20.7. The first kappa shape index (κ1) is 23.3. The van der Waals surface area contributed by atoms with Gasteiger partial charge in [-0.05, 0) is 60.9 Å². The SMILES string of the molecule is Cc1c(Cl)cccc1C(=O)NCc1ccccc1N1CCN(Cc2ccc(F)cc2)CC1C. The summed E-state index contributed by atoms with van der Waals surface area (Å²) in [5.41, 5.74) is 4.74. The van der Waals surface area contributed by atoms with Gasteiger partial charge in [-0.15, -0.1) is 0 Å². The molecule has 3 aromatic carbocycles. The highest BCUT2D eigenvalue weighted by Crippen LogP contribution is 2.26. The second-order valence-electron chi connectivity index (χ2n) is 8.63. The summed E-state index contributed by atoms with van der Waals surface area (Å²) < 4.78 is 13.2. The molecule has 0 saturated carbocycles. The van der Waals surface area contributed by atoms with Crippen LogP contribution in [0.1, 0.15) is 34.0 Å². The molecule has 0 aliphatic carbocycles. The molecule has 4 rings (SSSR count). The first-order chi connectivity index (χ1) is 15.9. The van der Waals surface area contributed by atoms with Gasteiger partial charge in [0.15, 0.2) is 0 Å². The van der Waals surface area contributed by atoms with E-state index in [2.05, 4.69) is 34.2 Å². The second-order valence-corrected chi connectivity index (χ2v) is 9.03. The Kier molecular flexibility index (Phi) is 7.31. The number of nitrogens with zero attached hydrogens (tertiary/aromatic N) is 2. The average Bonchev–Trinajstić information content (AvgIpc) is 2.81. The van der Waals surface area contributed by atoms with Crippen molar-refractivity contribution in [1.29, 1.82) is 0 Å². The maximum Gasteiger partial charge on any atom is 0.251 e. The van der Waals surface area contributed by atoms with E-state index in [1.165, 1.54) is 12.1 Å². The predicted molar refractivity (Wildman–Crippen MR) is 132 cm³/mol. The number of rotatable bonds is 6. The smallest absolute Gasteiger partial charge is 0.251 e. The Hall–Kier alpha value is -2.89. The molecule has 1 aliphatic rings. The minimum absolute atomic E-state index is 0.123. The van der Waals surface area contributed by atoms with Crippen molar-refractivity contribution in [1.82, 2.24) is 10.2 Å². The molecule has 1 fully saturated rings. The van der Waals surface area contributed by atoms with Gasteiger partial charge in [0.2, 0.25) is 0 Å². The quantitative estimate of drug-likeness (QED) is 0.527. The fourth-order valence-corrected chi connectivity index (χ4v) is 4.62. The number of amides is 1. The van der Waals surface area contributed by atoms with Crippen molar-refractivity contribution in [3.63, 3.8) is 0 Å². The average molecular weight is 466 g/mol. The standard InChI is InChI=1S/C27H29ClFN3O/c1-19-17-31(18-21-10-12-23(29)13-11-21)14-15-32(19)26-9-4-3-6-22(26)16-30-27(33)24-7-5-8-25(28)20(24)2/h3-13,19H,14-18H2,1-2H3,(H,30,33). The Balaban J connectivity index is 1.41. The summed E-state index contributed by atoms with van der Waals surface area (Å²) in [5.74, 6) is -0.326. The molecule has 3 aromatic rings. The van der Waals surface area contributed by atoms with Gasteiger partial charge < -0.3 is 10.2 Å². The van der Waals surface area contributed by atoms with Gasteiger partial charge >= 0.3 is 0 Å². The third-order valence-electron chi connectivity index (χ3n) is 6.28. The van der Waals surface area contributed by atoms with Crippen molar-refractivity contribution in [3.8, 4) is 0 Å². The summed E-state index contributed by atoms with van der Waals surface area (Å²) in [6.07, 6.45) is 0. The summed E-state index contributed by atoms with van der Waals surface area (Å²) in [7, 11) is 0. The molecule has 172 valence electrons. The minimum Gasteiger partial charge on any atom is -0.366 e. The van der Waals surface area contributed by atoms with Crippen LogP contribution < -0.4 is 10.2 Å². The number of hydrogen-bond acceptors (Lipinski definition) is 3. The van der Waals surface area contributed by atoms with Crippen molar-refractivity contribution in [3.05, 3.63) is 99.8 Å². The van der Waals surface area contributed by atoms with Crippen LogP contribution in [0.25, 0.3) is 0 Å². The fraction of sp³-hybridized carbons (Fsp3) is 0.296. The maximum absolute atomic E-state index is 13.2. The Morgan fingerprint density at radius 2 is 1.82 bits per heavy atom. The fourth-order valence-electron chi connectivity index (χ4n) is 4.45. The van der Waals surface area contributed by atoms with Gasteiger partial charge in [0.25, 0.3) is 5.91 Å². The van der Waals surface area contributed by atoms with Gasteiger partial charge in [0.05, 0.1) is 0 Å². The summed E-state index contributed by atoms with van der Waals surface area (Å²) >= 11 is 6.18. The van der Waals surface area contributed by atoms with E-state index in [0.29, 0.717) is 23.2 Å². The Labute approximate surface area is 200 Å². The van der Waals surface area contributed by atoms with Crippen LogP contribution in [0.4, 0.5) is 10.1 Å². The van der Waals surface area contributed by atoms with Gasteiger partial charge in [0.1, 0.15) is 5.82 Å². The first-order valence-electron chi connectivity index (χ1n) is 11.3. The van der Waals surface area contributed by atoms with Gasteiger partial charge in [-0.2, -0.15) is 0 Å². The van der Waals surface area contributed by atoms with Crippen molar-refractivity contribution in [2.24, 2.45) is 0 Å². The van der Waals surface area contributed by atoms with Crippen LogP contribution in [0.5, 0.6) is 0 Å². The molecule has 0 bridgehead atoms. The minimum atomic E-state index is -0.203. The molecule has 33 heavy (non-hydrogen) atoms. The number of hydrogen-bond donors (Lipinski definition) is 1. The van der Waals surface area contributed by atoms with Crippen LogP contribution >= 0.6 is 11.6 Å². The molecule has 1 atom stereocenters. The number of carbonyl (C=O) groups is 1. The van der Waals surface area contributed by atoms with Crippen molar-refractivity contribution in [2.45, 2.75) is 33.0 Å². The van der Waals surface area contributed by atoms with Crippen LogP contribution in [0.3, 0.4) is 0 Å². The number of carbonyl (C=O) groups excluding carboxylic acids is 1. The Morgan fingerprint density at radius 3 is 2.58 bits per heavy atom. The molecule has 0 spiro atoms. The third-order valence-corrected chi connectivity index (χ3v) is 6.69. The molecule has 1 saturated heterocycles. The molecule has 1 N–H and O–H groups in total. The van der Waals surface area contributed by atoms with Gasteiger partial charge in [-0.3, -0.25) is 9.69 Å². The highest BCUT2D eigenvalue weighted by Gasteiger charge is 2.25. The molecule has 4 nitrogen and oxygen atoms in total. The number of anilines is 1. The monoisotopic (exact) mass is 465 g/mol. The molecule has 1 heterocycles. The van der Waals surface area contributed by atoms with E-state index < -0.39 is 0 Å². The topological polar surface area (TPSA) is 35.6 Å². The first-order valence-corrected chi connectivity index (χ1v) is 11.6. The normalized spacial score (nSPS) is 16.6.